The molecular formula is C44H51ClN6O4. The molecule has 0 saturated carbocycles. The number of hydrogen-bond acceptors (Lipinski definition) is 7. The fourth-order valence-corrected chi connectivity index (χ4v) is 7.63. The van der Waals surface area contributed by atoms with Crippen LogP contribution < -0.4 is 20.7 Å². The maximum Gasteiger partial charge on any atom is 0.275 e. The van der Waals surface area contributed by atoms with Crippen molar-refractivity contribution in [3.05, 3.63) is 125 Å². The van der Waals surface area contributed by atoms with Crippen LogP contribution in [0.1, 0.15) is 85.0 Å². The van der Waals surface area contributed by atoms with Crippen LogP contribution in [0.15, 0.2) is 108 Å². The summed E-state index contributed by atoms with van der Waals surface area (Å²) in [5, 5.41) is 3.48. The number of anilines is 1. The fourth-order valence-electron chi connectivity index (χ4n) is 7.38. The standard InChI is InChI=1S/C44H51ClN6O4/c1-2-3-4-5-6-15-27-50(35-19-11-8-12-20-35)40(52)31-49-30-34-22-23-36(29-39(34)48-44(49)51(45)43(54)33-17-9-7-10-18-33)55-28-25-38(42(46)53)41-37-21-14-13-16-32(37)24-26-47-41/h7-14,16-23,29,38,41,47H,2-6,15,24-28,30-31H2,1H3,(H2,46,53). The first-order valence-corrected chi connectivity index (χ1v) is 19.8. The number of rotatable bonds is 17. The van der Waals surface area contributed by atoms with Gasteiger partial charge in [-0.05, 0) is 72.8 Å². The molecule has 55 heavy (non-hydrogen) atoms. The van der Waals surface area contributed by atoms with Crippen molar-refractivity contribution in [3.63, 3.8) is 0 Å². The van der Waals surface area contributed by atoms with Crippen LogP contribution in [0.3, 0.4) is 0 Å². The van der Waals surface area contributed by atoms with Crippen LogP contribution in [0.2, 0.25) is 0 Å². The molecule has 0 saturated heterocycles. The lowest BCUT2D eigenvalue weighted by Gasteiger charge is -2.34. The number of primary amides is 1. The Labute approximate surface area is 329 Å². The molecular weight excluding hydrogens is 712 g/mol. The second-order valence-electron chi connectivity index (χ2n) is 14.2. The first-order valence-electron chi connectivity index (χ1n) is 19.4. The molecule has 3 N–H and O–H groups in total. The predicted octanol–water partition coefficient (Wildman–Crippen LogP) is 7.94. The molecule has 11 heteroatoms. The van der Waals surface area contributed by atoms with Crippen LogP contribution in [0.4, 0.5) is 11.4 Å². The summed E-state index contributed by atoms with van der Waals surface area (Å²) in [6.07, 6.45) is 7.97. The Bertz CT molecular complexity index is 1940. The maximum absolute atomic E-state index is 14.2. The number of nitrogens with two attached hydrogens (primary N) is 1. The van der Waals surface area contributed by atoms with Crippen LogP contribution in [-0.2, 0) is 22.6 Å². The number of aliphatic imine (C=N–C) groups is 1. The Morgan fingerprint density at radius 2 is 1.62 bits per heavy atom. The first-order chi connectivity index (χ1) is 26.8. The lowest BCUT2D eigenvalue weighted by molar-refractivity contribution is -0.123. The van der Waals surface area contributed by atoms with Crippen LogP contribution in [-0.4, -0.2) is 59.2 Å². The monoisotopic (exact) mass is 762 g/mol. The number of halogens is 1. The van der Waals surface area contributed by atoms with Gasteiger partial charge >= 0.3 is 0 Å². The molecule has 3 amide bonds. The number of carbonyl (C=O) groups is 3. The smallest absolute Gasteiger partial charge is 0.275 e. The zero-order valence-corrected chi connectivity index (χ0v) is 32.3. The number of carbonyl (C=O) groups excluding carboxylic acids is 3. The Kier molecular flexibility index (Phi) is 13.9. The van der Waals surface area contributed by atoms with Crippen LogP contribution in [0.25, 0.3) is 0 Å². The quantitative estimate of drug-likeness (QED) is 0.0833. The van der Waals surface area contributed by atoms with E-state index in [1.807, 2.05) is 65.6 Å². The minimum atomic E-state index is -0.461. The molecule has 0 bridgehead atoms. The predicted molar refractivity (Wildman–Crippen MR) is 218 cm³/mol. The van der Waals surface area contributed by atoms with E-state index in [1.165, 1.54) is 24.8 Å². The summed E-state index contributed by atoms with van der Waals surface area (Å²) in [5.41, 5.74) is 10.9. The average molecular weight is 763 g/mol. The number of para-hydroxylation sites is 1. The highest BCUT2D eigenvalue weighted by Crippen LogP contribution is 2.34. The van der Waals surface area contributed by atoms with E-state index >= 15 is 0 Å². The highest BCUT2D eigenvalue weighted by Gasteiger charge is 2.33. The van der Waals surface area contributed by atoms with Gasteiger partial charge in [-0.15, -0.1) is 0 Å². The number of benzene rings is 4. The third-order valence-corrected chi connectivity index (χ3v) is 10.6. The van der Waals surface area contributed by atoms with Crippen molar-refractivity contribution in [1.82, 2.24) is 14.6 Å². The third kappa shape index (κ3) is 10.1. The van der Waals surface area contributed by atoms with Crippen LogP contribution >= 0.6 is 11.8 Å². The first kappa shape index (κ1) is 39.5. The van der Waals surface area contributed by atoms with Crippen molar-refractivity contribution in [1.29, 1.82) is 0 Å². The minimum Gasteiger partial charge on any atom is -0.493 e. The molecule has 2 heterocycles. The van der Waals surface area contributed by atoms with E-state index in [0.717, 1.165) is 53.5 Å². The SMILES string of the molecule is CCCCCCCCN(C(=O)CN1Cc2ccc(OCCC(C(N)=O)C3NCCc4ccccc43)cc2N=C1N(Cl)C(=O)c1ccccc1)c1ccccc1. The number of nitrogens with zero attached hydrogens (tertiary/aromatic N) is 4. The second-order valence-corrected chi connectivity index (χ2v) is 14.5. The van der Waals surface area contributed by atoms with Gasteiger partial charge in [0.05, 0.1) is 18.2 Å². The van der Waals surface area contributed by atoms with Crippen molar-refractivity contribution in [3.8, 4) is 5.75 Å². The molecule has 2 unspecified atom stereocenters. The van der Waals surface area contributed by atoms with E-state index in [4.69, 9.17) is 27.2 Å². The van der Waals surface area contributed by atoms with Crippen molar-refractivity contribution in [2.45, 2.75) is 70.9 Å². The molecule has 288 valence electrons. The molecule has 4 aromatic rings. The number of hydrogen-bond donors (Lipinski definition) is 2. The topological polar surface area (TPSA) is 121 Å². The lowest BCUT2D eigenvalue weighted by Crippen LogP contribution is -2.49. The van der Waals surface area contributed by atoms with Gasteiger partial charge in [0, 0.05) is 48.2 Å². The molecule has 0 fully saturated rings. The van der Waals surface area contributed by atoms with Gasteiger partial charge in [-0.3, -0.25) is 14.4 Å². The average Bonchev–Trinajstić information content (AvgIpc) is 3.21. The summed E-state index contributed by atoms with van der Waals surface area (Å²) in [4.78, 5) is 48.9. The molecule has 2 atom stereocenters. The Morgan fingerprint density at radius 3 is 2.38 bits per heavy atom. The van der Waals surface area contributed by atoms with Gasteiger partial charge in [0.1, 0.15) is 12.3 Å². The summed E-state index contributed by atoms with van der Waals surface area (Å²) in [7, 11) is 0. The minimum absolute atomic E-state index is 0.0423. The molecule has 2 aliphatic heterocycles. The summed E-state index contributed by atoms with van der Waals surface area (Å²) in [6.45, 7) is 4.06. The Balaban J connectivity index is 1.20. The third-order valence-electron chi connectivity index (χ3n) is 10.3. The molecule has 6 rings (SSSR count). The molecule has 0 radical (unpaired) electrons. The zero-order valence-electron chi connectivity index (χ0n) is 31.5. The second kappa shape index (κ2) is 19.4. The van der Waals surface area contributed by atoms with E-state index in [2.05, 4.69) is 24.4 Å². The molecule has 2 aliphatic rings. The zero-order chi connectivity index (χ0) is 38.6. The summed E-state index contributed by atoms with van der Waals surface area (Å²) in [5.74, 6) is -0.715. The van der Waals surface area contributed by atoms with Gasteiger partial charge in [0.15, 0.2) is 0 Å². The molecule has 0 spiro atoms. The summed E-state index contributed by atoms with van der Waals surface area (Å²) >= 11 is 6.83. The van der Waals surface area contributed by atoms with Crippen molar-refractivity contribution in [2.24, 2.45) is 16.6 Å². The van der Waals surface area contributed by atoms with E-state index in [9.17, 15) is 14.4 Å². The van der Waals surface area contributed by atoms with E-state index < -0.39 is 11.8 Å². The number of nitrogens with one attached hydrogen (secondary N) is 1. The van der Waals surface area contributed by atoms with E-state index in [0.29, 0.717) is 36.5 Å². The number of ether oxygens (including phenoxy) is 1. The molecule has 10 nitrogen and oxygen atoms in total. The number of amides is 3. The highest BCUT2D eigenvalue weighted by atomic mass is 35.5. The number of unbranched alkanes of at least 4 members (excludes halogenated alkanes) is 5. The number of fused-ring (bicyclic) bond motifs is 2. The van der Waals surface area contributed by atoms with Crippen LogP contribution in [0.5, 0.6) is 5.75 Å². The van der Waals surface area contributed by atoms with Gasteiger partial charge in [0.2, 0.25) is 17.8 Å². The van der Waals surface area contributed by atoms with E-state index in [1.54, 1.807) is 35.2 Å². The maximum atomic E-state index is 14.2. The fraction of sp³-hybridized carbons (Fsp3) is 0.364. The normalized spacial score (nSPS) is 15.3. The Morgan fingerprint density at radius 1 is 0.909 bits per heavy atom. The number of guanidine groups is 1. The van der Waals surface area contributed by atoms with E-state index in [-0.39, 0.29) is 37.0 Å². The van der Waals surface area contributed by atoms with Gasteiger partial charge in [-0.2, -0.15) is 4.42 Å². The van der Waals surface area contributed by atoms with Gasteiger partial charge in [-0.1, -0.05) is 106 Å². The molecule has 0 aromatic heterocycles. The highest BCUT2D eigenvalue weighted by molar-refractivity contribution is 6.33. The lowest BCUT2D eigenvalue weighted by atomic mass is 9.84. The van der Waals surface area contributed by atoms with Gasteiger partial charge in [-0.25, -0.2) is 4.99 Å². The van der Waals surface area contributed by atoms with Crippen molar-refractivity contribution < 1.29 is 19.1 Å². The van der Waals surface area contributed by atoms with Gasteiger partial charge < -0.3 is 25.6 Å². The summed E-state index contributed by atoms with van der Waals surface area (Å²) < 4.78 is 7.18. The van der Waals surface area contributed by atoms with Crippen LogP contribution in [0, 0.1) is 5.92 Å². The van der Waals surface area contributed by atoms with Gasteiger partial charge in [0.25, 0.3) is 5.91 Å². The molecule has 4 aromatic carbocycles. The Hall–Kier alpha value is -5.19. The summed E-state index contributed by atoms with van der Waals surface area (Å²) in [6, 6.07) is 32.0. The molecule has 0 aliphatic carbocycles. The largest absolute Gasteiger partial charge is 0.493 e. The van der Waals surface area contributed by atoms with Crippen molar-refractivity contribution >= 4 is 46.8 Å². The van der Waals surface area contributed by atoms with Crippen molar-refractivity contribution in [2.75, 3.05) is 31.1 Å².